The lowest BCUT2D eigenvalue weighted by molar-refractivity contribution is -0.134. The number of fused-ring (bicyclic) bond motifs is 2. The summed E-state index contributed by atoms with van der Waals surface area (Å²) in [6.45, 7) is 4.11. The number of amides is 1. The van der Waals surface area contributed by atoms with Crippen molar-refractivity contribution in [2.75, 3.05) is 20.6 Å². The fraction of sp³-hybridized carbons (Fsp3) is 0.500. The molecule has 2 fully saturated rings. The van der Waals surface area contributed by atoms with E-state index in [1.165, 1.54) is 34.7 Å². The van der Waals surface area contributed by atoms with Crippen LogP contribution in [-0.4, -0.2) is 42.4 Å². The molecular weight excluding hydrogens is 308 g/mol. The zero-order valence-electron chi connectivity index (χ0n) is 15.5. The van der Waals surface area contributed by atoms with E-state index in [4.69, 9.17) is 0 Å². The Hall–Kier alpha value is -1.87. The number of likely N-dealkylation sites (tertiary alicyclic amines) is 1. The maximum Gasteiger partial charge on any atom is 0.222 e. The SMILES string of the molecule is Cc1cccc2c(CN(C)[C@@H]3C[C@@H]4CC(=O)N(C)C[C@@H]4C3)cccc12. The molecule has 1 aliphatic heterocycles. The molecule has 3 heteroatoms. The van der Waals surface area contributed by atoms with Crippen molar-refractivity contribution < 1.29 is 4.79 Å². The van der Waals surface area contributed by atoms with Crippen LogP contribution in [-0.2, 0) is 11.3 Å². The van der Waals surface area contributed by atoms with Gasteiger partial charge in [-0.05, 0) is 60.5 Å². The van der Waals surface area contributed by atoms with Gasteiger partial charge in [0.1, 0.15) is 0 Å². The third kappa shape index (κ3) is 3.06. The van der Waals surface area contributed by atoms with Crippen LogP contribution >= 0.6 is 0 Å². The fourth-order valence-electron chi connectivity index (χ4n) is 4.92. The third-order valence-electron chi connectivity index (χ3n) is 6.46. The second kappa shape index (κ2) is 6.45. The van der Waals surface area contributed by atoms with Crippen LogP contribution in [0.4, 0.5) is 0 Å². The lowest BCUT2D eigenvalue weighted by atomic mass is 9.88. The molecule has 2 aliphatic rings. The molecule has 0 radical (unpaired) electrons. The number of carbonyl (C=O) groups excluding carboxylic acids is 1. The van der Waals surface area contributed by atoms with Gasteiger partial charge in [0.25, 0.3) is 0 Å². The van der Waals surface area contributed by atoms with Crippen molar-refractivity contribution in [3.05, 3.63) is 47.5 Å². The van der Waals surface area contributed by atoms with Crippen LogP contribution < -0.4 is 0 Å². The molecule has 132 valence electrons. The van der Waals surface area contributed by atoms with Gasteiger partial charge in [0, 0.05) is 32.6 Å². The fourth-order valence-corrected chi connectivity index (χ4v) is 4.92. The van der Waals surface area contributed by atoms with Crippen molar-refractivity contribution in [1.82, 2.24) is 9.80 Å². The summed E-state index contributed by atoms with van der Waals surface area (Å²) in [6.07, 6.45) is 3.14. The molecule has 3 nitrogen and oxygen atoms in total. The van der Waals surface area contributed by atoms with Crippen molar-refractivity contribution in [1.29, 1.82) is 0 Å². The Labute approximate surface area is 150 Å². The molecule has 2 aromatic carbocycles. The van der Waals surface area contributed by atoms with E-state index in [1.54, 1.807) is 0 Å². The Morgan fingerprint density at radius 1 is 1.08 bits per heavy atom. The molecule has 2 aromatic rings. The molecular formula is C22H28N2O. The number of aryl methyl sites for hydroxylation is 1. The van der Waals surface area contributed by atoms with Crippen LogP contribution in [0.2, 0.25) is 0 Å². The van der Waals surface area contributed by atoms with E-state index in [0.29, 0.717) is 23.8 Å². The average molecular weight is 336 g/mol. The predicted molar refractivity (Wildman–Crippen MR) is 102 cm³/mol. The Morgan fingerprint density at radius 3 is 2.64 bits per heavy atom. The highest BCUT2D eigenvalue weighted by Gasteiger charge is 2.41. The molecule has 1 saturated carbocycles. The van der Waals surface area contributed by atoms with E-state index in [1.807, 2.05) is 11.9 Å². The number of hydrogen-bond acceptors (Lipinski definition) is 2. The highest BCUT2D eigenvalue weighted by atomic mass is 16.2. The van der Waals surface area contributed by atoms with Crippen LogP contribution in [0.25, 0.3) is 10.8 Å². The molecule has 0 unspecified atom stereocenters. The maximum atomic E-state index is 12.0. The van der Waals surface area contributed by atoms with E-state index in [2.05, 4.69) is 55.3 Å². The second-order valence-electron chi connectivity index (χ2n) is 8.13. The minimum absolute atomic E-state index is 0.328. The van der Waals surface area contributed by atoms with E-state index < -0.39 is 0 Å². The number of carbonyl (C=O) groups is 1. The van der Waals surface area contributed by atoms with Crippen LogP contribution in [0.3, 0.4) is 0 Å². The third-order valence-corrected chi connectivity index (χ3v) is 6.46. The molecule has 25 heavy (non-hydrogen) atoms. The first-order valence-electron chi connectivity index (χ1n) is 9.44. The largest absolute Gasteiger partial charge is 0.345 e. The second-order valence-corrected chi connectivity index (χ2v) is 8.13. The van der Waals surface area contributed by atoms with Crippen LogP contribution in [0, 0.1) is 18.8 Å². The van der Waals surface area contributed by atoms with Crippen LogP contribution in [0.15, 0.2) is 36.4 Å². The molecule has 0 spiro atoms. The van der Waals surface area contributed by atoms with Gasteiger partial charge in [0.2, 0.25) is 5.91 Å². The number of piperidine rings is 1. The Bertz CT molecular complexity index is 800. The van der Waals surface area contributed by atoms with Gasteiger partial charge in [-0.3, -0.25) is 9.69 Å². The first kappa shape index (κ1) is 16.6. The Kier molecular flexibility index (Phi) is 4.28. The first-order valence-corrected chi connectivity index (χ1v) is 9.44. The number of nitrogens with zero attached hydrogens (tertiary/aromatic N) is 2. The van der Waals surface area contributed by atoms with Crippen LogP contribution in [0.1, 0.15) is 30.4 Å². The minimum atomic E-state index is 0.328. The Morgan fingerprint density at radius 2 is 1.80 bits per heavy atom. The quantitative estimate of drug-likeness (QED) is 0.850. The molecule has 4 rings (SSSR count). The average Bonchev–Trinajstić information content (AvgIpc) is 2.99. The van der Waals surface area contributed by atoms with Gasteiger partial charge in [0.15, 0.2) is 0 Å². The zero-order valence-corrected chi connectivity index (χ0v) is 15.5. The smallest absolute Gasteiger partial charge is 0.222 e. The van der Waals surface area contributed by atoms with Crippen molar-refractivity contribution in [2.24, 2.45) is 11.8 Å². The van der Waals surface area contributed by atoms with Crippen molar-refractivity contribution in [2.45, 2.75) is 38.8 Å². The molecule has 1 aliphatic carbocycles. The van der Waals surface area contributed by atoms with Crippen molar-refractivity contribution >= 4 is 16.7 Å². The lowest BCUT2D eigenvalue weighted by Crippen LogP contribution is -2.39. The number of benzene rings is 2. The summed E-state index contributed by atoms with van der Waals surface area (Å²) in [5.41, 5.74) is 2.75. The van der Waals surface area contributed by atoms with E-state index in [0.717, 1.165) is 19.5 Å². The summed E-state index contributed by atoms with van der Waals surface area (Å²) < 4.78 is 0. The topological polar surface area (TPSA) is 23.6 Å². The van der Waals surface area contributed by atoms with E-state index in [-0.39, 0.29) is 0 Å². The highest BCUT2D eigenvalue weighted by molar-refractivity contribution is 5.88. The van der Waals surface area contributed by atoms with Gasteiger partial charge in [0.05, 0.1) is 0 Å². The van der Waals surface area contributed by atoms with Gasteiger partial charge < -0.3 is 4.90 Å². The molecule has 1 saturated heterocycles. The van der Waals surface area contributed by atoms with Crippen molar-refractivity contribution in [3.63, 3.8) is 0 Å². The summed E-state index contributed by atoms with van der Waals surface area (Å²) in [6, 6.07) is 13.8. The van der Waals surface area contributed by atoms with Gasteiger partial charge in [-0.2, -0.15) is 0 Å². The Balaban J connectivity index is 1.51. The van der Waals surface area contributed by atoms with Gasteiger partial charge in [-0.25, -0.2) is 0 Å². The van der Waals surface area contributed by atoms with Gasteiger partial charge >= 0.3 is 0 Å². The lowest BCUT2D eigenvalue weighted by Gasteiger charge is -2.31. The summed E-state index contributed by atoms with van der Waals surface area (Å²) in [5, 5.41) is 2.74. The standard InChI is InChI=1S/C22H28N2O/c1-15-6-4-9-21-16(7-5-8-20(15)21)13-23(2)19-10-17-12-22(25)24(3)14-18(17)11-19/h4-9,17-19H,10-14H2,1-3H3/t17-,18+,19-/m1/s1. The van der Waals surface area contributed by atoms with Crippen LogP contribution in [0.5, 0.6) is 0 Å². The monoisotopic (exact) mass is 336 g/mol. The van der Waals surface area contributed by atoms with Gasteiger partial charge in [-0.1, -0.05) is 36.4 Å². The van der Waals surface area contributed by atoms with E-state index in [9.17, 15) is 4.79 Å². The molecule has 0 aromatic heterocycles. The summed E-state index contributed by atoms with van der Waals surface area (Å²) in [4.78, 5) is 16.4. The molecule has 0 N–H and O–H groups in total. The summed E-state index contributed by atoms with van der Waals surface area (Å²) in [5.74, 6) is 1.60. The first-order chi connectivity index (χ1) is 12.0. The highest BCUT2D eigenvalue weighted by Crippen LogP contribution is 2.40. The van der Waals surface area contributed by atoms with Gasteiger partial charge in [-0.15, -0.1) is 0 Å². The molecule has 1 heterocycles. The predicted octanol–water partition coefficient (Wildman–Crippen LogP) is 3.84. The molecule has 0 bridgehead atoms. The summed E-state index contributed by atoms with van der Waals surface area (Å²) in [7, 11) is 4.20. The zero-order chi connectivity index (χ0) is 17.6. The number of rotatable bonds is 3. The van der Waals surface area contributed by atoms with E-state index >= 15 is 0 Å². The minimum Gasteiger partial charge on any atom is -0.345 e. The maximum absolute atomic E-state index is 12.0. The number of hydrogen-bond donors (Lipinski definition) is 0. The van der Waals surface area contributed by atoms with Crippen molar-refractivity contribution in [3.8, 4) is 0 Å². The molecule has 3 atom stereocenters. The summed E-state index contributed by atoms with van der Waals surface area (Å²) >= 11 is 0. The normalized spacial score (nSPS) is 26.5. The molecule has 1 amide bonds.